The van der Waals surface area contributed by atoms with Crippen molar-refractivity contribution in [1.82, 2.24) is 9.13 Å². The molecule has 0 aliphatic rings. The Kier molecular flexibility index (Phi) is 6.56. The van der Waals surface area contributed by atoms with Crippen LogP contribution in [0, 0.1) is 34.0 Å². The molecule has 0 spiro atoms. The first kappa shape index (κ1) is 28.8. The average molecular weight is 636 g/mol. The maximum absolute atomic E-state index is 10.4. The van der Waals surface area contributed by atoms with E-state index in [1.165, 1.54) is 10.8 Å². The van der Waals surface area contributed by atoms with Crippen molar-refractivity contribution < 1.29 is 0 Å². The second-order valence-electron chi connectivity index (χ2n) is 12.3. The third-order valence-corrected chi connectivity index (χ3v) is 9.63. The number of nitriles is 3. The number of hydrogen-bond acceptors (Lipinski definition) is 3. The normalized spacial score (nSPS) is 11.1. The Bertz CT molecular complexity index is 2900. The van der Waals surface area contributed by atoms with Crippen LogP contribution in [0.3, 0.4) is 0 Å². The molecule has 7 aromatic carbocycles. The van der Waals surface area contributed by atoms with Crippen LogP contribution < -0.4 is 0 Å². The first-order valence-corrected chi connectivity index (χ1v) is 16.3. The van der Waals surface area contributed by atoms with E-state index in [2.05, 4.69) is 124 Å². The van der Waals surface area contributed by atoms with Gasteiger partial charge in [0.25, 0.3) is 0 Å². The highest BCUT2D eigenvalue weighted by Gasteiger charge is 2.21. The molecule has 5 heteroatoms. The molecule has 2 heterocycles. The zero-order chi connectivity index (χ0) is 33.8. The second kappa shape index (κ2) is 11.4. The van der Waals surface area contributed by atoms with Crippen molar-refractivity contribution in [3.63, 3.8) is 0 Å². The Hall–Kier alpha value is -7.39. The summed E-state index contributed by atoms with van der Waals surface area (Å²) in [5.41, 5.74) is 11.2. The first-order valence-electron chi connectivity index (χ1n) is 16.3. The van der Waals surface area contributed by atoms with Gasteiger partial charge in [0.1, 0.15) is 6.07 Å². The number of benzene rings is 7. The minimum absolute atomic E-state index is 0.518. The molecule has 0 atom stereocenters. The van der Waals surface area contributed by atoms with Crippen molar-refractivity contribution in [2.24, 2.45) is 0 Å². The fourth-order valence-electron chi connectivity index (χ4n) is 7.46. The lowest BCUT2D eigenvalue weighted by molar-refractivity contribution is 1.17. The van der Waals surface area contributed by atoms with Crippen LogP contribution in [-0.2, 0) is 0 Å². The molecule has 0 saturated heterocycles. The Morgan fingerprint density at radius 1 is 0.400 bits per heavy atom. The van der Waals surface area contributed by atoms with Crippen LogP contribution in [-0.4, -0.2) is 9.13 Å². The van der Waals surface area contributed by atoms with Gasteiger partial charge in [-0.3, -0.25) is 0 Å². The summed E-state index contributed by atoms with van der Waals surface area (Å²) in [7, 11) is 0. The van der Waals surface area contributed by atoms with E-state index >= 15 is 0 Å². The Morgan fingerprint density at radius 2 is 1.02 bits per heavy atom. The summed E-state index contributed by atoms with van der Waals surface area (Å²) >= 11 is 0. The maximum atomic E-state index is 10.4. The number of fused-ring (bicyclic) bond motifs is 6. The van der Waals surface area contributed by atoms with Gasteiger partial charge in [-0.15, -0.1) is 0 Å². The molecule has 230 valence electrons. The molecule has 0 fully saturated rings. The molecule has 0 bridgehead atoms. The summed E-state index contributed by atoms with van der Waals surface area (Å²) in [6, 6.07) is 57.9. The van der Waals surface area contributed by atoms with Crippen molar-refractivity contribution in [3.05, 3.63) is 168 Å². The van der Waals surface area contributed by atoms with Gasteiger partial charge in [0.05, 0.1) is 56.6 Å². The van der Waals surface area contributed by atoms with E-state index in [9.17, 15) is 15.8 Å². The first-order chi connectivity index (χ1) is 24.7. The lowest BCUT2D eigenvalue weighted by Crippen LogP contribution is -2.00. The van der Waals surface area contributed by atoms with Crippen LogP contribution in [0.4, 0.5) is 0 Å². The Balaban J connectivity index is 1.20. The molecule has 2 aromatic heterocycles. The highest BCUT2D eigenvalue weighted by atomic mass is 15.0. The fraction of sp³-hybridized carbons (Fsp3) is 0. The Morgan fingerprint density at radius 3 is 1.74 bits per heavy atom. The monoisotopic (exact) mass is 635 g/mol. The topological polar surface area (TPSA) is 81.2 Å². The molecule has 0 aliphatic heterocycles. The summed E-state index contributed by atoms with van der Waals surface area (Å²) in [5.74, 6) is 0. The lowest BCUT2D eigenvalue weighted by Gasteiger charge is -2.16. The molecule has 0 unspecified atom stereocenters. The van der Waals surface area contributed by atoms with Crippen LogP contribution in [0.1, 0.15) is 16.7 Å². The van der Waals surface area contributed by atoms with Crippen LogP contribution in [0.5, 0.6) is 0 Å². The SMILES string of the molecule is N#Cc1ccc2c(c1)c1cccc(C#N)c1n2-c1cccc(C#N)c1-c1ccc(-c2cccc(-n3c4ccccc4c4ccccc43)c2)cc1. The van der Waals surface area contributed by atoms with Crippen LogP contribution in [0.15, 0.2) is 152 Å². The van der Waals surface area contributed by atoms with E-state index in [4.69, 9.17) is 0 Å². The van der Waals surface area contributed by atoms with Crippen molar-refractivity contribution in [3.8, 4) is 51.8 Å². The number of para-hydroxylation sites is 3. The van der Waals surface area contributed by atoms with Crippen LogP contribution in [0.25, 0.3) is 77.2 Å². The number of rotatable bonds is 4. The molecule has 0 saturated carbocycles. The zero-order valence-corrected chi connectivity index (χ0v) is 26.7. The summed E-state index contributed by atoms with van der Waals surface area (Å²) in [4.78, 5) is 0. The summed E-state index contributed by atoms with van der Waals surface area (Å²) in [6.45, 7) is 0. The molecular weight excluding hydrogens is 611 g/mol. The highest BCUT2D eigenvalue weighted by Crippen LogP contribution is 2.40. The van der Waals surface area contributed by atoms with Gasteiger partial charge in [-0.2, -0.15) is 15.8 Å². The van der Waals surface area contributed by atoms with Crippen molar-refractivity contribution in [1.29, 1.82) is 15.8 Å². The minimum Gasteiger partial charge on any atom is -0.309 e. The van der Waals surface area contributed by atoms with Crippen molar-refractivity contribution >= 4 is 43.6 Å². The third kappa shape index (κ3) is 4.31. The largest absolute Gasteiger partial charge is 0.309 e. The highest BCUT2D eigenvalue weighted by molar-refractivity contribution is 6.12. The van der Waals surface area contributed by atoms with Gasteiger partial charge in [-0.25, -0.2) is 0 Å². The number of nitrogens with zero attached hydrogens (tertiary/aromatic N) is 5. The molecule has 9 aromatic rings. The van der Waals surface area contributed by atoms with Crippen LogP contribution in [0.2, 0.25) is 0 Å². The minimum atomic E-state index is 0.518. The fourth-order valence-corrected chi connectivity index (χ4v) is 7.46. The van der Waals surface area contributed by atoms with E-state index in [0.29, 0.717) is 16.7 Å². The van der Waals surface area contributed by atoms with Gasteiger partial charge in [0.2, 0.25) is 0 Å². The van der Waals surface area contributed by atoms with E-state index in [1.807, 2.05) is 42.5 Å². The van der Waals surface area contributed by atoms with Gasteiger partial charge in [0, 0.05) is 32.8 Å². The Labute approximate surface area is 287 Å². The number of aromatic nitrogens is 2. The summed E-state index contributed by atoms with van der Waals surface area (Å²) in [5, 5.41) is 34.4. The predicted octanol–water partition coefficient (Wildman–Crippen LogP) is 10.8. The lowest BCUT2D eigenvalue weighted by atomic mass is 9.95. The average Bonchev–Trinajstić information content (AvgIpc) is 3.70. The molecule has 0 amide bonds. The molecule has 0 N–H and O–H groups in total. The molecular formula is C45H25N5. The summed E-state index contributed by atoms with van der Waals surface area (Å²) < 4.78 is 4.38. The van der Waals surface area contributed by atoms with Gasteiger partial charge >= 0.3 is 0 Å². The van der Waals surface area contributed by atoms with E-state index in [1.54, 1.807) is 12.1 Å². The molecule has 50 heavy (non-hydrogen) atoms. The maximum Gasteiger partial charge on any atom is 0.101 e. The smallest absolute Gasteiger partial charge is 0.101 e. The molecule has 0 aliphatic carbocycles. The van der Waals surface area contributed by atoms with Gasteiger partial charge in [-0.1, -0.05) is 91.0 Å². The molecule has 5 nitrogen and oxygen atoms in total. The quantitative estimate of drug-likeness (QED) is 0.193. The van der Waals surface area contributed by atoms with Crippen LogP contribution >= 0.6 is 0 Å². The molecule has 9 rings (SSSR count). The van der Waals surface area contributed by atoms with Crippen molar-refractivity contribution in [2.75, 3.05) is 0 Å². The number of hydrogen-bond donors (Lipinski definition) is 0. The van der Waals surface area contributed by atoms with Gasteiger partial charge < -0.3 is 9.13 Å². The van der Waals surface area contributed by atoms with Gasteiger partial charge in [0.15, 0.2) is 0 Å². The summed E-state index contributed by atoms with van der Waals surface area (Å²) in [6.07, 6.45) is 0. The second-order valence-corrected chi connectivity index (χ2v) is 12.3. The third-order valence-electron chi connectivity index (χ3n) is 9.63. The standard InChI is InChI=1S/C45H25N5/c46-26-29-18-23-42-39(24-29)38-14-6-10-34(28-48)45(38)50(42)43-17-7-9-33(27-47)44(43)31-21-19-30(20-22-31)32-8-5-11-35(25-32)49-40-15-3-1-12-36(40)37-13-2-4-16-41(37)49/h1-25H. The molecule has 0 radical (unpaired) electrons. The zero-order valence-electron chi connectivity index (χ0n) is 26.7. The predicted molar refractivity (Wildman–Crippen MR) is 200 cm³/mol. The van der Waals surface area contributed by atoms with E-state index in [0.717, 1.165) is 66.5 Å². The van der Waals surface area contributed by atoms with Crippen molar-refractivity contribution in [2.45, 2.75) is 0 Å². The van der Waals surface area contributed by atoms with E-state index in [-0.39, 0.29) is 0 Å². The van der Waals surface area contributed by atoms with E-state index < -0.39 is 0 Å². The van der Waals surface area contributed by atoms with Gasteiger partial charge in [-0.05, 0) is 77.4 Å².